The molecule has 1 aliphatic rings. The Hall–Kier alpha value is -1.65. The second kappa shape index (κ2) is 4.43. The fourth-order valence-corrected chi connectivity index (χ4v) is 3.93. The van der Waals surface area contributed by atoms with Gasteiger partial charge in [0.25, 0.3) is 0 Å². The number of imidazole rings is 1. The van der Waals surface area contributed by atoms with Crippen LogP contribution >= 0.6 is 11.3 Å². The molecule has 1 saturated carbocycles. The molecule has 1 N–H and O–H groups in total. The lowest BCUT2D eigenvalue weighted by atomic mass is 10.0. The van der Waals surface area contributed by atoms with E-state index in [0.29, 0.717) is 5.92 Å². The maximum atomic E-state index is 10.8. The van der Waals surface area contributed by atoms with Gasteiger partial charge in [0.1, 0.15) is 17.3 Å². The molecule has 1 aliphatic carbocycles. The molecule has 4 rings (SSSR count). The SMILES string of the molecule is Cc1ccc(C(O)c2c(C3CC3)sc3cncn23)cc1. The first-order valence-corrected chi connectivity index (χ1v) is 7.75. The number of hydrogen-bond acceptors (Lipinski definition) is 3. The Bertz CT molecular complexity index is 752. The maximum Gasteiger partial charge on any atom is 0.120 e. The van der Waals surface area contributed by atoms with Gasteiger partial charge in [-0.1, -0.05) is 29.8 Å². The fourth-order valence-electron chi connectivity index (χ4n) is 2.63. The van der Waals surface area contributed by atoms with Crippen molar-refractivity contribution in [2.45, 2.75) is 31.8 Å². The first kappa shape index (κ1) is 12.1. The molecule has 0 amide bonds. The monoisotopic (exact) mass is 284 g/mol. The smallest absolute Gasteiger partial charge is 0.120 e. The number of nitrogens with zero attached hydrogens (tertiary/aromatic N) is 2. The average molecular weight is 284 g/mol. The van der Waals surface area contributed by atoms with Gasteiger partial charge in [0.2, 0.25) is 0 Å². The van der Waals surface area contributed by atoms with Gasteiger partial charge in [0, 0.05) is 4.88 Å². The van der Waals surface area contributed by atoms with E-state index in [-0.39, 0.29) is 0 Å². The van der Waals surface area contributed by atoms with E-state index in [1.54, 1.807) is 11.3 Å². The molecule has 3 aromatic rings. The van der Waals surface area contributed by atoms with E-state index in [4.69, 9.17) is 0 Å². The summed E-state index contributed by atoms with van der Waals surface area (Å²) >= 11 is 1.77. The molecule has 102 valence electrons. The van der Waals surface area contributed by atoms with Gasteiger partial charge in [0.05, 0.1) is 11.9 Å². The largest absolute Gasteiger partial charge is 0.382 e. The Morgan fingerprint density at radius 1 is 1.30 bits per heavy atom. The van der Waals surface area contributed by atoms with Gasteiger partial charge in [-0.15, -0.1) is 11.3 Å². The van der Waals surface area contributed by atoms with Gasteiger partial charge in [0.15, 0.2) is 0 Å². The normalized spacial score (nSPS) is 16.7. The molecule has 0 saturated heterocycles. The molecule has 0 spiro atoms. The van der Waals surface area contributed by atoms with E-state index in [1.807, 2.05) is 41.2 Å². The van der Waals surface area contributed by atoms with Crippen molar-refractivity contribution >= 4 is 16.2 Å². The van der Waals surface area contributed by atoms with Crippen LogP contribution in [0.25, 0.3) is 4.83 Å². The van der Waals surface area contributed by atoms with Crippen LogP contribution in [-0.2, 0) is 0 Å². The number of hydrogen-bond donors (Lipinski definition) is 1. The Morgan fingerprint density at radius 2 is 2.05 bits per heavy atom. The van der Waals surface area contributed by atoms with Crippen LogP contribution in [0.5, 0.6) is 0 Å². The Morgan fingerprint density at radius 3 is 2.75 bits per heavy atom. The van der Waals surface area contributed by atoms with Crippen molar-refractivity contribution in [3.8, 4) is 0 Å². The molecule has 2 heterocycles. The van der Waals surface area contributed by atoms with Gasteiger partial charge in [-0.2, -0.15) is 0 Å². The highest BCUT2D eigenvalue weighted by Crippen LogP contribution is 2.47. The molecular weight excluding hydrogens is 268 g/mol. The highest BCUT2D eigenvalue weighted by atomic mass is 32.1. The lowest BCUT2D eigenvalue weighted by molar-refractivity contribution is 0.213. The molecule has 0 bridgehead atoms. The Kier molecular flexibility index (Phi) is 2.69. The van der Waals surface area contributed by atoms with Crippen LogP contribution in [0.2, 0.25) is 0 Å². The lowest BCUT2D eigenvalue weighted by Gasteiger charge is -2.13. The average Bonchev–Trinajstić information content (AvgIpc) is 3.08. The van der Waals surface area contributed by atoms with Crippen molar-refractivity contribution in [2.24, 2.45) is 0 Å². The summed E-state index contributed by atoms with van der Waals surface area (Å²) in [6.45, 7) is 2.06. The number of aryl methyl sites for hydroxylation is 1. The summed E-state index contributed by atoms with van der Waals surface area (Å²) in [6, 6.07) is 8.12. The zero-order valence-electron chi connectivity index (χ0n) is 11.3. The van der Waals surface area contributed by atoms with Crippen LogP contribution in [0.4, 0.5) is 0 Å². The molecule has 0 radical (unpaired) electrons. The molecule has 1 unspecified atom stereocenters. The second-order valence-electron chi connectivity index (χ2n) is 5.54. The van der Waals surface area contributed by atoms with E-state index in [2.05, 4.69) is 11.9 Å². The first-order valence-electron chi connectivity index (χ1n) is 6.93. The molecule has 2 aromatic heterocycles. The van der Waals surface area contributed by atoms with Crippen molar-refractivity contribution in [3.63, 3.8) is 0 Å². The number of fused-ring (bicyclic) bond motifs is 1. The Balaban J connectivity index is 1.85. The Labute approximate surface area is 121 Å². The maximum absolute atomic E-state index is 10.8. The molecular formula is C16H16N2OS. The van der Waals surface area contributed by atoms with Gasteiger partial charge in [-0.25, -0.2) is 4.98 Å². The van der Waals surface area contributed by atoms with Crippen LogP contribution < -0.4 is 0 Å². The van der Waals surface area contributed by atoms with E-state index in [0.717, 1.165) is 16.1 Å². The van der Waals surface area contributed by atoms with E-state index in [1.165, 1.54) is 23.3 Å². The molecule has 3 nitrogen and oxygen atoms in total. The number of aromatic nitrogens is 2. The highest BCUT2D eigenvalue weighted by molar-refractivity contribution is 7.17. The van der Waals surface area contributed by atoms with E-state index in [9.17, 15) is 5.11 Å². The van der Waals surface area contributed by atoms with Crippen LogP contribution in [0.1, 0.15) is 46.6 Å². The second-order valence-corrected chi connectivity index (χ2v) is 6.60. The van der Waals surface area contributed by atoms with Crippen LogP contribution in [0.15, 0.2) is 36.8 Å². The quantitative estimate of drug-likeness (QED) is 0.797. The zero-order valence-corrected chi connectivity index (χ0v) is 12.1. The summed E-state index contributed by atoms with van der Waals surface area (Å²) in [7, 11) is 0. The standard InChI is InChI=1S/C16H16N2OS/c1-10-2-4-11(5-3-10)15(19)14-16(12-6-7-12)20-13-8-17-9-18(13)14/h2-5,8-9,12,15,19H,6-7H2,1H3. The predicted molar refractivity (Wildman–Crippen MR) is 80.3 cm³/mol. The minimum atomic E-state index is -0.575. The van der Waals surface area contributed by atoms with Gasteiger partial charge in [-0.05, 0) is 31.2 Å². The van der Waals surface area contributed by atoms with E-state index < -0.39 is 6.10 Å². The molecule has 1 atom stereocenters. The fraction of sp³-hybridized carbons (Fsp3) is 0.312. The number of aliphatic hydroxyl groups excluding tert-OH is 1. The minimum absolute atomic E-state index is 0.575. The number of thiazole rings is 1. The van der Waals surface area contributed by atoms with Crippen molar-refractivity contribution in [2.75, 3.05) is 0 Å². The van der Waals surface area contributed by atoms with Crippen molar-refractivity contribution in [3.05, 3.63) is 58.5 Å². The molecule has 0 aliphatic heterocycles. The summed E-state index contributed by atoms with van der Waals surface area (Å²) in [5, 5.41) is 10.8. The van der Waals surface area contributed by atoms with Crippen LogP contribution in [0, 0.1) is 6.92 Å². The summed E-state index contributed by atoms with van der Waals surface area (Å²) in [4.78, 5) is 6.64. The van der Waals surface area contributed by atoms with Gasteiger partial charge >= 0.3 is 0 Å². The number of rotatable bonds is 3. The highest BCUT2D eigenvalue weighted by Gasteiger charge is 2.32. The summed E-state index contributed by atoms with van der Waals surface area (Å²) in [6.07, 6.45) is 5.59. The van der Waals surface area contributed by atoms with Crippen molar-refractivity contribution in [1.29, 1.82) is 0 Å². The summed E-state index contributed by atoms with van der Waals surface area (Å²) in [5.41, 5.74) is 3.17. The van der Waals surface area contributed by atoms with E-state index >= 15 is 0 Å². The van der Waals surface area contributed by atoms with Crippen LogP contribution in [0.3, 0.4) is 0 Å². The third kappa shape index (κ3) is 1.87. The molecule has 1 aromatic carbocycles. The van der Waals surface area contributed by atoms with Crippen molar-refractivity contribution < 1.29 is 5.11 Å². The third-order valence-electron chi connectivity index (χ3n) is 3.93. The molecule has 20 heavy (non-hydrogen) atoms. The molecule has 1 fully saturated rings. The van der Waals surface area contributed by atoms with Gasteiger partial charge < -0.3 is 5.11 Å². The van der Waals surface area contributed by atoms with Gasteiger partial charge in [-0.3, -0.25) is 4.40 Å². The molecule has 4 heteroatoms. The topological polar surface area (TPSA) is 37.5 Å². The first-order chi connectivity index (χ1) is 9.74. The number of aliphatic hydroxyl groups is 1. The van der Waals surface area contributed by atoms with Crippen molar-refractivity contribution in [1.82, 2.24) is 9.38 Å². The predicted octanol–water partition coefficient (Wildman–Crippen LogP) is 3.66. The third-order valence-corrected chi connectivity index (χ3v) is 5.20. The number of benzene rings is 1. The summed E-state index contributed by atoms with van der Waals surface area (Å²) < 4.78 is 2.04. The van der Waals surface area contributed by atoms with Crippen LogP contribution in [-0.4, -0.2) is 14.5 Å². The zero-order chi connectivity index (χ0) is 13.7. The minimum Gasteiger partial charge on any atom is -0.382 e. The summed E-state index contributed by atoms with van der Waals surface area (Å²) in [5.74, 6) is 0.634. The lowest BCUT2D eigenvalue weighted by Crippen LogP contribution is -2.05.